The third kappa shape index (κ3) is 3.19. The van der Waals surface area contributed by atoms with Gasteiger partial charge in [-0.15, -0.1) is 0 Å². The Balaban J connectivity index is 1.76. The zero-order chi connectivity index (χ0) is 14.7. The summed E-state index contributed by atoms with van der Waals surface area (Å²) in [6.45, 7) is 4.11. The van der Waals surface area contributed by atoms with Crippen molar-refractivity contribution in [3.05, 3.63) is 0 Å². The number of carbonyl (C=O) groups excluding carboxylic acids is 2. The molecule has 2 aliphatic rings. The van der Waals surface area contributed by atoms with Gasteiger partial charge in [0, 0.05) is 26.2 Å². The summed E-state index contributed by atoms with van der Waals surface area (Å²) in [5.41, 5.74) is 0. The van der Waals surface area contributed by atoms with Crippen molar-refractivity contribution >= 4 is 17.9 Å². The molecule has 0 radical (unpaired) electrons. The Morgan fingerprint density at radius 3 is 2.35 bits per heavy atom. The number of morpholine rings is 1. The second kappa shape index (κ2) is 6.08. The van der Waals surface area contributed by atoms with E-state index in [0.29, 0.717) is 26.3 Å². The van der Waals surface area contributed by atoms with Gasteiger partial charge < -0.3 is 25.0 Å². The topological polar surface area (TPSA) is 99.2 Å². The van der Waals surface area contributed by atoms with Crippen LogP contribution in [0.4, 0.5) is 4.79 Å². The monoisotopic (exact) mass is 285 g/mol. The average Bonchev–Trinajstić information content (AvgIpc) is 2.36. The lowest BCUT2D eigenvalue weighted by Crippen LogP contribution is -2.59. The first kappa shape index (κ1) is 14.6. The van der Waals surface area contributed by atoms with Crippen molar-refractivity contribution in [3.63, 3.8) is 0 Å². The first-order chi connectivity index (χ1) is 9.49. The third-order valence-electron chi connectivity index (χ3n) is 3.55. The fourth-order valence-electron chi connectivity index (χ4n) is 2.20. The molecule has 2 aliphatic heterocycles. The molecule has 1 atom stereocenters. The summed E-state index contributed by atoms with van der Waals surface area (Å²) in [5, 5.41) is 11.3. The maximum absolute atomic E-state index is 12.1. The molecule has 2 fully saturated rings. The number of likely N-dealkylation sites (tertiary alicyclic amines) is 1. The van der Waals surface area contributed by atoms with Gasteiger partial charge in [0.15, 0.2) is 0 Å². The second-order valence-electron chi connectivity index (χ2n) is 5.05. The summed E-state index contributed by atoms with van der Waals surface area (Å²) >= 11 is 0. The van der Waals surface area contributed by atoms with Gasteiger partial charge in [-0.2, -0.15) is 0 Å². The highest BCUT2D eigenvalue weighted by atomic mass is 16.5. The van der Waals surface area contributed by atoms with E-state index in [1.54, 1.807) is 11.8 Å². The molecule has 0 aliphatic carbocycles. The van der Waals surface area contributed by atoms with E-state index in [-0.39, 0.29) is 19.0 Å². The van der Waals surface area contributed by atoms with Gasteiger partial charge in [0.25, 0.3) is 0 Å². The molecule has 0 spiro atoms. The van der Waals surface area contributed by atoms with Crippen LogP contribution in [0, 0.1) is 5.92 Å². The van der Waals surface area contributed by atoms with Crippen LogP contribution in [0.3, 0.4) is 0 Å². The minimum absolute atomic E-state index is 0.142. The summed E-state index contributed by atoms with van der Waals surface area (Å²) in [5.74, 6) is -1.53. The minimum Gasteiger partial charge on any atom is -0.481 e. The molecule has 3 amide bonds. The van der Waals surface area contributed by atoms with Crippen LogP contribution in [-0.4, -0.2) is 78.2 Å². The fraction of sp³-hybridized carbons (Fsp3) is 0.750. The quantitative estimate of drug-likeness (QED) is 0.690. The first-order valence-electron chi connectivity index (χ1n) is 6.64. The predicted molar refractivity (Wildman–Crippen MR) is 68.1 cm³/mol. The van der Waals surface area contributed by atoms with Crippen molar-refractivity contribution in [2.75, 3.05) is 39.4 Å². The zero-order valence-corrected chi connectivity index (χ0v) is 11.4. The summed E-state index contributed by atoms with van der Waals surface area (Å²) in [4.78, 5) is 37.6. The van der Waals surface area contributed by atoms with Gasteiger partial charge in [0.1, 0.15) is 6.04 Å². The van der Waals surface area contributed by atoms with E-state index < -0.39 is 24.0 Å². The summed E-state index contributed by atoms with van der Waals surface area (Å²) in [7, 11) is 0. The molecule has 0 bridgehead atoms. The summed E-state index contributed by atoms with van der Waals surface area (Å²) in [6.07, 6.45) is 0. The smallest absolute Gasteiger partial charge is 0.318 e. The van der Waals surface area contributed by atoms with Crippen molar-refractivity contribution in [2.24, 2.45) is 5.92 Å². The van der Waals surface area contributed by atoms with Crippen LogP contribution in [0.25, 0.3) is 0 Å². The highest BCUT2D eigenvalue weighted by Gasteiger charge is 2.36. The van der Waals surface area contributed by atoms with Gasteiger partial charge in [0.05, 0.1) is 19.1 Å². The zero-order valence-electron chi connectivity index (χ0n) is 11.4. The molecule has 8 nitrogen and oxygen atoms in total. The van der Waals surface area contributed by atoms with E-state index in [9.17, 15) is 14.4 Å². The van der Waals surface area contributed by atoms with E-state index >= 15 is 0 Å². The second-order valence-corrected chi connectivity index (χ2v) is 5.05. The van der Waals surface area contributed by atoms with Gasteiger partial charge in [-0.3, -0.25) is 9.59 Å². The number of rotatable bonds is 3. The highest BCUT2D eigenvalue weighted by Crippen LogP contribution is 2.15. The van der Waals surface area contributed by atoms with Crippen LogP contribution in [0.2, 0.25) is 0 Å². The molecule has 0 aromatic heterocycles. The summed E-state index contributed by atoms with van der Waals surface area (Å²) in [6, 6.07) is -1.01. The normalized spacial score (nSPS) is 21.1. The van der Waals surface area contributed by atoms with E-state index in [4.69, 9.17) is 9.84 Å². The SMILES string of the molecule is CC(NC(=O)N1CC(C(=O)O)C1)C(=O)N1CCOCC1. The minimum atomic E-state index is -0.897. The van der Waals surface area contributed by atoms with Gasteiger partial charge in [-0.05, 0) is 6.92 Å². The Morgan fingerprint density at radius 1 is 1.20 bits per heavy atom. The number of aliphatic carboxylic acids is 1. The lowest BCUT2D eigenvalue weighted by Gasteiger charge is -2.37. The Bertz CT molecular complexity index is 402. The van der Waals surface area contributed by atoms with E-state index in [2.05, 4.69) is 5.32 Å². The standard InChI is InChI=1S/C12H19N3O5/c1-8(10(16)14-2-4-20-5-3-14)13-12(19)15-6-9(7-15)11(17)18/h8-9H,2-7H2,1H3,(H,13,19)(H,17,18). The molecule has 1 unspecified atom stereocenters. The van der Waals surface area contributed by atoms with Crippen molar-refractivity contribution in [1.29, 1.82) is 0 Å². The lowest BCUT2D eigenvalue weighted by molar-refractivity contribution is -0.146. The van der Waals surface area contributed by atoms with Gasteiger partial charge >= 0.3 is 12.0 Å². The van der Waals surface area contributed by atoms with Crippen LogP contribution < -0.4 is 5.32 Å². The van der Waals surface area contributed by atoms with Crippen LogP contribution >= 0.6 is 0 Å². The molecule has 2 N–H and O–H groups in total. The number of amides is 3. The Morgan fingerprint density at radius 2 is 1.80 bits per heavy atom. The molecule has 2 saturated heterocycles. The molecular weight excluding hydrogens is 266 g/mol. The average molecular weight is 285 g/mol. The van der Waals surface area contributed by atoms with Crippen LogP contribution in [-0.2, 0) is 14.3 Å². The van der Waals surface area contributed by atoms with Gasteiger partial charge in [-0.25, -0.2) is 4.79 Å². The Kier molecular flexibility index (Phi) is 4.43. The number of ether oxygens (including phenoxy) is 1. The largest absolute Gasteiger partial charge is 0.481 e. The molecular formula is C12H19N3O5. The van der Waals surface area contributed by atoms with E-state index in [1.165, 1.54) is 4.90 Å². The molecule has 0 aromatic rings. The number of urea groups is 1. The molecule has 2 heterocycles. The number of nitrogens with zero attached hydrogens (tertiary/aromatic N) is 2. The van der Waals surface area contributed by atoms with Crippen molar-refractivity contribution in [3.8, 4) is 0 Å². The number of hydrogen-bond acceptors (Lipinski definition) is 4. The Labute approximate surface area is 116 Å². The number of carbonyl (C=O) groups is 3. The van der Waals surface area contributed by atoms with Crippen molar-refractivity contribution in [1.82, 2.24) is 15.1 Å². The number of carboxylic acid groups (broad SMARTS) is 1. The molecule has 8 heteroatoms. The maximum atomic E-state index is 12.1. The van der Waals surface area contributed by atoms with E-state index in [0.717, 1.165) is 0 Å². The van der Waals surface area contributed by atoms with Crippen LogP contribution in [0.5, 0.6) is 0 Å². The molecule has 0 saturated carbocycles. The molecule has 2 rings (SSSR count). The Hall–Kier alpha value is -1.83. The third-order valence-corrected chi connectivity index (χ3v) is 3.55. The first-order valence-corrected chi connectivity index (χ1v) is 6.64. The number of hydrogen-bond donors (Lipinski definition) is 2. The van der Waals surface area contributed by atoms with Crippen molar-refractivity contribution in [2.45, 2.75) is 13.0 Å². The van der Waals surface area contributed by atoms with Crippen LogP contribution in [0.1, 0.15) is 6.92 Å². The fourth-order valence-corrected chi connectivity index (χ4v) is 2.20. The lowest BCUT2D eigenvalue weighted by atomic mass is 10.0. The highest BCUT2D eigenvalue weighted by molar-refractivity contribution is 5.87. The van der Waals surface area contributed by atoms with Gasteiger partial charge in [-0.1, -0.05) is 0 Å². The summed E-state index contributed by atoms with van der Waals surface area (Å²) < 4.78 is 5.16. The molecule has 20 heavy (non-hydrogen) atoms. The predicted octanol–water partition coefficient (Wildman–Crippen LogP) is -1.04. The number of nitrogens with one attached hydrogen (secondary N) is 1. The molecule has 0 aromatic carbocycles. The van der Waals surface area contributed by atoms with Crippen LogP contribution in [0.15, 0.2) is 0 Å². The van der Waals surface area contributed by atoms with E-state index in [1.807, 2.05) is 0 Å². The van der Waals surface area contributed by atoms with Gasteiger partial charge in [0.2, 0.25) is 5.91 Å². The number of carboxylic acids is 1. The maximum Gasteiger partial charge on any atom is 0.318 e. The van der Waals surface area contributed by atoms with Crippen molar-refractivity contribution < 1.29 is 24.2 Å². The molecule has 112 valence electrons.